The second-order valence-corrected chi connectivity index (χ2v) is 3.87. The van der Waals surface area contributed by atoms with Gasteiger partial charge in [0.25, 0.3) is 0 Å². The molecule has 0 N–H and O–H groups in total. The van der Waals surface area contributed by atoms with E-state index in [1.165, 1.54) is 0 Å². The maximum atomic E-state index is 12.7. The van der Waals surface area contributed by atoms with Crippen molar-refractivity contribution in [3.63, 3.8) is 0 Å². The third kappa shape index (κ3) is 1.80. The number of hydrogen-bond acceptors (Lipinski definition) is 3. The normalized spacial score (nSPS) is 19.3. The Bertz CT molecular complexity index is 429. The third-order valence-corrected chi connectivity index (χ3v) is 2.61. The van der Waals surface area contributed by atoms with E-state index in [2.05, 4.69) is 10.2 Å². The summed E-state index contributed by atoms with van der Waals surface area (Å²) in [6.07, 6.45) is -0.317. The summed E-state index contributed by atoms with van der Waals surface area (Å²) in [5.41, 5.74) is 1.59. The molecule has 15 heavy (non-hydrogen) atoms. The van der Waals surface area contributed by atoms with E-state index in [1.807, 2.05) is 6.07 Å². The van der Waals surface area contributed by atoms with Crippen molar-refractivity contribution in [1.82, 2.24) is 10.2 Å². The standard InChI is InChI=1S/C10H9F2N3/c1-6-2-8(5-13)14-15-9(6)7-3-10(11,12)4-7/h2,7H,3-4H2,1H3. The number of aryl methyl sites for hydroxylation is 1. The molecule has 1 aromatic rings. The fourth-order valence-corrected chi connectivity index (χ4v) is 1.81. The van der Waals surface area contributed by atoms with Crippen LogP contribution in [0.2, 0.25) is 0 Å². The Hall–Kier alpha value is -1.57. The molecule has 1 aromatic heterocycles. The van der Waals surface area contributed by atoms with Gasteiger partial charge in [-0.1, -0.05) is 0 Å². The number of nitrogens with zero attached hydrogens (tertiary/aromatic N) is 3. The zero-order valence-electron chi connectivity index (χ0n) is 8.17. The summed E-state index contributed by atoms with van der Waals surface area (Å²) in [7, 11) is 0. The van der Waals surface area contributed by atoms with Crippen molar-refractivity contribution in [3.05, 3.63) is 23.0 Å². The van der Waals surface area contributed by atoms with Crippen LogP contribution in [0.5, 0.6) is 0 Å². The van der Waals surface area contributed by atoms with Crippen molar-refractivity contribution >= 4 is 0 Å². The van der Waals surface area contributed by atoms with E-state index in [0.717, 1.165) is 5.56 Å². The molecule has 1 fully saturated rings. The SMILES string of the molecule is Cc1cc(C#N)nnc1C1CC(F)(F)C1. The molecular formula is C10H9F2N3. The molecule has 0 amide bonds. The minimum atomic E-state index is -2.55. The van der Waals surface area contributed by atoms with Crippen molar-refractivity contribution < 1.29 is 8.78 Å². The van der Waals surface area contributed by atoms with E-state index in [-0.39, 0.29) is 24.5 Å². The highest BCUT2D eigenvalue weighted by Crippen LogP contribution is 2.48. The molecule has 5 heteroatoms. The van der Waals surface area contributed by atoms with Crippen molar-refractivity contribution in [1.29, 1.82) is 5.26 Å². The van der Waals surface area contributed by atoms with Crippen molar-refractivity contribution in [2.24, 2.45) is 0 Å². The van der Waals surface area contributed by atoms with Crippen LogP contribution < -0.4 is 0 Å². The lowest BCUT2D eigenvalue weighted by molar-refractivity contribution is -0.0878. The molecular weight excluding hydrogens is 200 g/mol. The van der Waals surface area contributed by atoms with Crippen LogP contribution in [0, 0.1) is 18.3 Å². The zero-order valence-corrected chi connectivity index (χ0v) is 8.17. The molecule has 1 heterocycles. The van der Waals surface area contributed by atoms with E-state index in [9.17, 15) is 8.78 Å². The summed E-state index contributed by atoms with van der Waals surface area (Å²) >= 11 is 0. The van der Waals surface area contributed by atoms with E-state index < -0.39 is 5.92 Å². The molecule has 0 radical (unpaired) electrons. The van der Waals surface area contributed by atoms with Gasteiger partial charge in [-0.2, -0.15) is 10.4 Å². The van der Waals surface area contributed by atoms with Gasteiger partial charge in [-0.05, 0) is 18.6 Å². The Morgan fingerprint density at radius 1 is 1.47 bits per heavy atom. The third-order valence-electron chi connectivity index (χ3n) is 2.61. The van der Waals surface area contributed by atoms with Crippen LogP contribution in [0.25, 0.3) is 0 Å². The Morgan fingerprint density at radius 3 is 2.60 bits per heavy atom. The number of halogens is 2. The van der Waals surface area contributed by atoms with Crippen LogP contribution in [-0.4, -0.2) is 16.1 Å². The zero-order chi connectivity index (χ0) is 11.1. The van der Waals surface area contributed by atoms with Gasteiger partial charge in [-0.25, -0.2) is 8.78 Å². The molecule has 0 aromatic carbocycles. The van der Waals surface area contributed by atoms with Crippen molar-refractivity contribution in [2.75, 3.05) is 0 Å². The molecule has 0 spiro atoms. The van der Waals surface area contributed by atoms with Crippen LogP contribution in [0.3, 0.4) is 0 Å². The van der Waals surface area contributed by atoms with Crippen LogP contribution in [-0.2, 0) is 0 Å². The van der Waals surface area contributed by atoms with Crippen LogP contribution in [0.1, 0.15) is 35.7 Å². The maximum absolute atomic E-state index is 12.7. The first-order valence-electron chi connectivity index (χ1n) is 4.64. The summed E-state index contributed by atoms with van der Waals surface area (Å²) in [6.45, 7) is 1.77. The van der Waals surface area contributed by atoms with Gasteiger partial charge in [0, 0.05) is 18.8 Å². The predicted octanol–water partition coefficient (Wildman–Crippen LogP) is 2.17. The van der Waals surface area contributed by atoms with Crippen molar-refractivity contribution in [3.8, 4) is 6.07 Å². The predicted molar refractivity (Wildman–Crippen MR) is 48.4 cm³/mol. The smallest absolute Gasteiger partial charge is 0.207 e. The summed E-state index contributed by atoms with van der Waals surface area (Å²) in [6, 6.07) is 3.45. The minimum Gasteiger partial charge on any atom is -0.207 e. The molecule has 0 atom stereocenters. The quantitative estimate of drug-likeness (QED) is 0.712. The van der Waals surface area contributed by atoms with Crippen LogP contribution >= 0.6 is 0 Å². The average Bonchev–Trinajstić information content (AvgIpc) is 2.14. The molecule has 0 saturated heterocycles. The first-order chi connectivity index (χ1) is 7.02. The molecule has 0 aliphatic heterocycles. The first kappa shape index (κ1) is 9.97. The monoisotopic (exact) mass is 209 g/mol. The highest BCUT2D eigenvalue weighted by Gasteiger charge is 2.47. The summed E-state index contributed by atoms with van der Waals surface area (Å²) < 4.78 is 25.3. The van der Waals surface area contributed by atoms with Crippen molar-refractivity contribution in [2.45, 2.75) is 31.6 Å². The summed E-state index contributed by atoms with van der Waals surface area (Å²) in [5, 5.41) is 16.1. The summed E-state index contributed by atoms with van der Waals surface area (Å²) in [5.74, 6) is -2.76. The van der Waals surface area contributed by atoms with Gasteiger partial charge in [0.15, 0.2) is 5.69 Å². The molecule has 0 unspecified atom stereocenters. The topological polar surface area (TPSA) is 49.6 Å². The fraction of sp³-hybridized carbons (Fsp3) is 0.500. The van der Waals surface area contributed by atoms with Crippen LogP contribution in [0.15, 0.2) is 6.07 Å². The number of alkyl halides is 2. The summed E-state index contributed by atoms with van der Waals surface area (Å²) in [4.78, 5) is 0. The van der Waals surface area contributed by atoms with Gasteiger partial charge >= 0.3 is 0 Å². The molecule has 1 aliphatic carbocycles. The van der Waals surface area contributed by atoms with E-state index in [1.54, 1.807) is 13.0 Å². The average molecular weight is 209 g/mol. The molecule has 2 rings (SSSR count). The molecule has 1 saturated carbocycles. The molecule has 3 nitrogen and oxygen atoms in total. The first-order valence-corrected chi connectivity index (χ1v) is 4.64. The van der Waals surface area contributed by atoms with Gasteiger partial charge in [0.05, 0.1) is 5.69 Å². The number of hydrogen-bond donors (Lipinski definition) is 0. The molecule has 0 bridgehead atoms. The fourth-order valence-electron chi connectivity index (χ4n) is 1.81. The lowest BCUT2D eigenvalue weighted by atomic mass is 9.78. The Labute approximate surface area is 85.7 Å². The van der Waals surface area contributed by atoms with E-state index in [0.29, 0.717) is 5.69 Å². The number of aromatic nitrogens is 2. The highest BCUT2D eigenvalue weighted by atomic mass is 19.3. The van der Waals surface area contributed by atoms with E-state index in [4.69, 9.17) is 5.26 Å². The Kier molecular flexibility index (Phi) is 2.14. The van der Waals surface area contributed by atoms with Gasteiger partial charge in [-0.3, -0.25) is 0 Å². The maximum Gasteiger partial charge on any atom is 0.249 e. The van der Waals surface area contributed by atoms with Crippen LogP contribution in [0.4, 0.5) is 8.78 Å². The largest absolute Gasteiger partial charge is 0.249 e. The Balaban J connectivity index is 2.21. The second-order valence-electron chi connectivity index (χ2n) is 3.87. The Morgan fingerprint density at radius 2 is 2.13 bits per heavy atom. The van der Waals surface area contributed by atoms with Gasteiger partial charge in [0.1, 0.15) is 6.07 Å². The molecule has 1 aliphatic rings. The van der Waals surface area contributed by atoms with Gasteiger partial charge < -0.3 is 0 Å². The lowest BCUT2D eigenvalue weighted by Gasteiger charge is -2.34. The number of rotatable bonds is 1. The minimum absolute atomic E-state index is 0.158. The highest BCUT2D eigenvalue weighted by molar-refractivity contribution is 5.30. The van der Waals surface area contributed by atoms with E-state index >= 15 is 0 Å². The molecule has 78 valence electrons. The number of nitriles is 1. The van der Waals surface area contributed by atoms with Gasteiger partial charge in [-0.15, -0.1) is 5.10 Å². The second kappa shape index (κ2) is 3.23. The van der Waals surface area contributed by atoms with Gasteiger partial charge in [0.2, 0.25) is 5.92 Å². The lowest BCUT2D eigenvalue weighted by Crippen LogP contribution is -2.34.